The van der Waals surface area contributed by atoms with Gasteiger partial charge in [-0.1, -0.05) is 229 Å². The van der Waals surface area contributed by atoms with Gasteiger partial charge >= 0.3 is 0 Å². The standard InChI is InChI=1S/C15H21NO2.2C14H19NO2.3C14H19NO.C13H16ClNO.C13H17NO2/c1-3-16-15(10-5-4-9-14(15)17)12-7-6-8-13(11-12)18-2;1-15-14(9-4-3-8-13(14)16)11-6-5-7-12(10-11)17-2;1-2-15-14(9-4-3-8-13(14)17)11-6-5-7-12(16)10-11;1-11-7-3-4-8-12(11)14(15-2)10-6-5-9-13(14)16;1-11-6-8-12(9-7-11)14(15-2)10-4-3-5-13(14)16;1-2-15-14(11-7-6-10-13(14)16)12-8-4-3-5-9-12;1-15-13(8-3-2-7-12(13)16)10-5-4-6-11(14)9-10;1-14-13(8-3-2-7-12(13)16)10-5-4-6-11(15)9-10/h6-8,11,16H,3-5,9-10H2,1-2H3;5-7,10,15H,3-4,8-9H2,1-2H3;5-7,10,15-16H,2-4,8-9H2,1H3;3-4,7-8,15H,5-6,9-10H2,1-2H3;6-9,15H,3-5,10H2,1-2H3;3-5,8-9,15H,2,6-7,10-11H2,1H3;4-6,9,15H,2-3,7-8H2,1H3;4-6,9,14-15H,2-3,7-8H2,1H3/t15-;5*14-;2*13-/m11111111/s1. The van der Waals surface area contributed by atoms with E-state index in [1.807, 2.05) is 164 Å². The van der Waals surface area contributed by atoms with Crippen LogP contribution in [0.4, 0.5) is 0 Å². The Hall–Kier alpha value is -9.71. The van der Waals surface area contributed by atoms with Crippen LogP contribution in [0.15, 0.2) is 200 Å². The number of ketones is 8. The number of aromatic hydroxyl groups is 2. The quantitative estimate of drug-likeness (QED) is 0.0320. The Morgan fingerprint density at radius 2 is 0.538 bits per heavy atom. The lowest BCUT2D eigenvalue weighted by Gasteiger charge is -2.37. The lowest BCUT2D eigenvalue weighted by atomic mass is 9.74. The fourth-order valence-corrected chi connectivity index (χ4v) is 21.3. The number of phenols is 2. The molecule has 0 aromatic heterocycles. The van der Waals surface area contributed by atoms with Crippen molar-refractivity contribution in [3.05, 3.63) is 261 Å². The van der Waals surface area contributed by atoms with Gasteiger partial charge in [-0.25, -0.2) is 0 Å². The summed E-state index contributed by atoms with van der Waals surface area (Å²) >= 11 is 5.99. The Balaban J connectivity index is 0.000000170. The van der Waals surface area contributed by atoms with E-state index in [1.165, 1.54) is 11.1 Å². The van der Waals surface area contributed by atoms with Gasteiger partial charge in [0.25, 0.3) is 0 Å². The monoisotopic (exact) mass is 1820 g/mol. The Labute approximate surface area is 791 Å². The highest BCUT2D eigenvalue weighted by atomic mass is 35.5. The molecule has 0 bridgehead atoms. The number of likely N-dealkylation sites (N-methyl/N-ethyl adjacent to an activating group) is 8. The Morgan fingerprint density at radius 3 is 0.848 bits per heavy atom. The van der Waals surface area contributed by atoms with Gasteiger partial charge in [0, 0.05) is 56.4 Å². The first-order valence-corrected chi connectivity index (χ1v) is 48.9. The third-order valence-corrected chi connectivity index (χ3v) is 28.8. The van der Waals surface area contributed by atoms with Crippen molar-refractivity contribution in [2.45, 2.75) is 284 Å². The molecule has 8 atom stereocenters. The van der Waals surface area contributed by atoms with Gasteiger partial charge in [-0.3, -0.25) is 38.4 Å². The number of halogens is 1. The van der Waals surface area contributed by atoms with Crippen LogP contribution in [-0.2, 0) is 82.7 Å². The summed E-state index contributed by atoms with van der Waals surface area (Å²) in [4.78, 5) is 97.8. The van der Waals surface area contributed by atoms with E-state index in [-0.39, 0.29) is 28.8 Å². The van der Waals surface area contributed by atoms with Gasteiger partial charge < -0.3 is 62.2 Å². The average molecular weight is 1820 g/mol. The first-order chi connectivity index (χ1) is 63.7. The normalized spacial score (nSPS) is 25.2. The number of nitrogens with one attached hydrogen (secondary N) is 8. The SMILES string of the molecule is CCN[C@@]1(c2cccc(O)c2)CCCCC1=O.CCN[C@@]1(c2cccc(OC)c2)CCCCC1=O.CCN[C@@]1(c2ccccc2)CCCCC1=O.CN[C@@]1(c2ccc(C)cc2)CCCCC1=O.CN[C@@]1(c2cccc(Cl)c2)CCCCC1=O.CN[C@@]1(c2cccc(O)c2)CCCCC1=O.CN[C@@]1(c2cccc(OC)c2)CCCCC1=O.CN[C@@]1(c2ccccc2C)CCCCC1=O. The zero-order valence-electron chi connectivity index (χ0n) is 80.7. The summed E-state index contributed by atoms with van der Waals surface area (Å²) in [5.41, 5.74) is 6.71. The van der Waals surface area contributed by atoms with Crippen molar-refractivity contribution in [1.82, 2.24) is 42.5 Å². The van der Waals surface area contributed by atoms with E-state index in [2.05, 4.69) is 112 Å². The first kappa shape index (κ1) is 106. The van der Waals surface area contributed by atoms with Crippen LogP contribution in [0.5, 0.6) is 23.0 Å². The summed E-state index contributed by atoms with van der Waals surface area (Å²) in [5.74, 6) is 4.43. The van der Waals surface area contributed by atoms with Crippen LogP contribution in [0.3, 0.4) is 0 Å². The Kier molecular flexibility index (Phi) is 41.0. The number of benzene rings is 8. The third kappa shape index (κ3) is 25.3. The van der Waals surface area contributed by atoms with Gasteiger partial charge in [-0.15, -0.1) is 0 Å². The summed E-state index contributed by atoms with van der Waals surface area (Å²) in [6.07, 6.45) is 29.2. The maximum absolute atomic E-state index is 12.4. The molecule has 0 saturated heterocycles. The second-order valence-electron chi connectivity index (χ2n) is 36.2. The first-order valence-electron chi connectivity index (χ1n) is 48.5. The number of hydrogen-bond acceptors (Lipinski definition) is 20. The fraction of sp³-hybridized carbons (Fsp3) is 0.495. The van der Waals surface area contributed by atoms with E-state index in [4.69, 9.17) is 21.1 Å². The van der Waals surface area contributed by atoms with Crippen molar-refractivity contribution in [1.29, 1.82) is 0 Å². The molecule has 8 saturated carbocycles. The Bertz CT molecular complexity index is 5000. The lowest BCUT2D eigenvalue weighted by molar-refractivity contribution is -0.128. The van der Waals surface area contributed by atoms with Crippen LogP contribution >= 0.6 is 11.6 Å². The molecule has 8 aromatic rings. The van der Waals surface area contributed by atoms with Gasteiger partial charge in [0.1, 0.15) is 67.3 Å². The molecular formula is C111H149ClN8O12. The maximum atomic E-state index is 12.4. The summed E-state index contributed by atoms with van der Waals surface area (Å²) in [6.45, 7) is 12.6. The highest BCUT2D eigenvalue weighted by Crippen LogP contribution is 2.44. The summed E-state index contributed by atoms with van der Waals surface area (Å²) < 4.78 is 10.5. The molecule has 8 aliphatic carbocycles. The molecule has 0 aliphatic heterocycles. The number of phenolic OH excluding ortho intramolecular Hbond substituents is 2. The number of ether oxygens (including phenoxy) is 2. The zero-order valence-corrected chi connectivity index (χ0v) is 81.4. The molecule has 0 radical (unpaired) electrons. The molecular weight excluding hydrogens is 1670 g/mol. The number of Topliss-reactive ketones (excluding diaryl/α,β-unsaturated/α-hetero) is 8. The molecule has 20 nitrogen and oxygen atoms in total. The van der Waals surface area contributed by atoms with E-state index in [1.54, 1.807) is 50.6 Å². The number of carbonyl (C=O) groups is 8. The molecule has 0 heterocycles. The molecule has 712 valence electrons. The molecule has 21 heteroatoms. The topological polar surface area (TPSA) is 292 Å². The second kappa shape index (κ2) is 51.1. The van der Waals surface area contributed by atoms with Crippen molar-refractivity contribution in [2.24, 2.45) is 0 Å². The molecule has 8 aromatic carbocycles. The average Bonchev–Trinajstić information content (AvgIpc) is 0.813. The molecule has 8 fully saturated rings. The lowest BCUT2D eigenvalue weighted by Crippen LogP contribution is -2.50. The molecule has 132 heavy (non-hydrogen) atoms. The van der Waals surface area contributed by atoms with Crippen LogP contribution in [0, 0.1) is 13.8 Å². The van der Waals surface area contributed by atoms with Crippen LogP contribution in [0.25, 0.3) is 0 Å². The van der Waals surface area contributed by atoms with Crippen LogP contribution in [0.1, 0.15) is 282 Å². The number of aryl methyl sites for hydroxylation is 2. The molecule has 10 N–H and O–H groups in total. The number of carbonyl (C=O) groups excluding carboxylic acids is 8. The number of methoxy groups -OCH3 is 2. The summed E-state index contributed by atoms with van der Waals surface area (Å²) in [5, 5.41) is 46.0. The van der Waals surface area contributed by atoms with E-state index in [9.17, 15) is 48.6 Å². The second-order valence-corrected chi connectivity index (χ2v) is 36.7. The Morgan fingerprint density at radius 1 is 0.280 bits per heavy atom. The molecule has 0 unspecified atom stereocenters. The zero-order chi connectivity index (χ0) is 95.4. The summed E-state index contributed by atoms with van der Waals surface area (Å²) in [6, 6.07) is 64.0. The van der Waals surface area contributed by atoms with Gasteiger partial charge in [0.05, 0.1) is 14.2 Å². The fourth-order valence-electron chi connectivity index (χ4n) is 21.1. The van der Waals surface area contributed by atoms with Crippen LogP contribution < -0.4 is 52.0 Å². The van der Waals surface area contributed by atoms with Crippen LogP contribution in [-0.4, -0.2) is 126 Å². The summed E-state index contributed by atoms with van der Waals surface area (Å²) in [7, 11) is 12.6. The molecule has 16 rings (SSSR count). The molecule has 0 spiro atoms. The van der Waals surface area contributed by atoms with Crippen LogP contribution in [0.2, 0.25) is 5.02 Å². The van der Waals surface area contributed by atoms with Crippen molar-refractivity contribution >= 4 is 57.9 Å². The predicted molar refractivity (Wildman–Crippen MR) is 530 cm³/mol. The van der Waals surface area contributed by atoms with Crippen molar-refractivity contribution in [3.63, 3.8) is 0 Å². The molecule has 0 amide bonds. The highest BCUT2D eigenvalue weighted by Gasteiger charge is 2.48. The van der Waals surface area contributed by atoms with E-state index < -0.39 is 44.3 Å². The minimum Gasteiger partial charge on any atom is -0.508 e. The maximum Gasteiger partial charge on any atom is 0.157 e. The van der Waals surface area contributed by atoms with Crippen molar-refractivity contribution in [2.75, 3.05) is 69.1 Å². The van der Waals surface area contributed by atoms with Gasteiger partial charge in [0.2, 0.25) is 0 Å². The van der Waals surface area contributed by atoms with Gasteiger partial charge in [0.15, 0.2) is 46.3 Å². The molecule has 8 aliphatic rings. The number of hydrogen-bond donors (Lipinski definition) is 10. The minimum atomic E-state index is -0.586. The smallest absolute Gasteiger partial charge is 0.157 e. The van der Waals surface area contributed by atoms with E-state index >= 15 is 0 Å². The number of rotatable bonds is 21. The van der Waals surface area contributed by atoms with E-state index in [0.29, 0.717) is 85.3 Å². The largest absolute Gasteiger partial charge is 0.508 e. The highest BCUT2D eigenvalue weighted by molar-refractivity contribution is 6.30. The van der Waals surface area contributed by atoms with Crippen molar-refractivity contribution in [3.8, 4) is 23.0 Å². The van der Waals surface area contributed by atoms with Gasteiger partial charge in [-0.05, 0) is 282 Å². The minimum absolute atomic E-state index is 0.213. The van der Waals surface area contributed by atoms with Gasteiger partial charge in [-0.2, -0.15) is 0 Å². The van der Waals surface area contributed by atoms with E-state index in [0.717, 1.165) is 230 Å². The predicted octanol–water partition coefficient (Wildman–Crippen LogP) is 19.8. The third-order valence-electron chi connectivity index (χ3n) is 28.6. The van der Waals surface area contributed by atoms with Crippen molar-refractivity contribution < 1.29 is 58.0 Å².